The van der Waals surface area contributed by atoms with Crippen molar-refractivity contribution in [2.24, 2.45) is 0 Å². The molecule has 0 aliphatic heterocycles. The van der Waals surface area contributed by atoms with Gasteiger partial charge in [-0.25, -0.2) is 4.98 Å². The molecule has 0 saturated carbocycles. The highest BCUT2D eigenvalue weighted by Gasteiger charge is 2.16. The van der Waals surface area contributed by atoms with Crippen molar-refractivity contribution in [3.63, 3.8) is 0 Å². The van der Waals surface area contributed by atoms with E-state index in [9.17, 15) is 4.79 Å². The third kappa shape index (κ3) is 3.11. The number of aromatic nitrogens is 2. The van der Waals surface area contributed by atoms with Crippen molar-refractivity contribution in [3.8, 4) is 11.1 Å². The lowest BCUT2D eigenvalue weighted by Crippen LogP contribution is -2.19. The predicted octanol–water partition coefficient (Wildman–Crippen LogP) is 5.15. The highest BCUT2D eigenvalue weighted by atomic mass is 32.1. The number of thiophene rings is 1. The molecule has 2 aromatic carbocycles. The quantitative estimate of drug-likeness (QED) is 0.506. The Labute approximate surface area is 155 Å². The lowest BCUT2D eigenvalue weighted by Gasteiger charge is -2.04. The van der Waals surface area contributed by atoms with E-state index in [1.807, 2.05) is 79.7 Å². The lowest BCUT2D eigenvalue weighted by atomic mass is 10.0. The summed E-state index contributed by atoms with van der Waals surface area (Å²) in [7, 11) is 0. The van der Waals surface area contributed by atoms with Crippen LogP contribution >= 0.6 is 11.3 Å². The van der Waals surface area contributed by atoms with Crippen LogP contribution in [0, 0.1) is 6.92 Å². The van der Waals surface area contributed by atoms with Crippen LogP contribution in [0.25, 0.3) is 27.4 Å². The van der Waals surface area contributed by atoms with Gasteiger partial charge in [0.05, 0.1) is 11.7 Å². The summed E-state index contributed by atoms with van der Waals surface area (Å²) < 4.78 is 1.67. The van der Waals surface area contributed by atoms with Crippen LogP contribution < -0.4 is 5.56 Å². The number of hydrogen-bond donors (Lipinski definition) is 0. The van der Waals surface area contributed by atoms with E-state index in [2.05, 4.69) is 4.98 Å². The maximum atomic E-state index is 13.1. The van der Waals surface area contributed by atoms with E-state index in [1.54, 1.807) is 22.2 Å². The first-order valence-electron chi connectivity index (χ1n) is 8.49. The summed E-state index contributed by atoms with van der Waals surface area (Å²) in [6, 6.07) is 20.1. The molecule has 26 heavy (non-hydrogen) atoms. The maximum Gasteiger partial charge on any atom is 0.263 e. The summed E-state index contributed by atoms with van der Waals surface area (Å²) in [6.07, 6.45) is 5.66. The van der Waals surface area contributed by atoms with Crippen LogP contribution in [0.15, 0.2) is 77.9 Å². The molecule has 0 saturated heterocycles. The van der Waals surface area contributed by atoms with Gasteiger partial charge in [-0.3, -0.25) is 9.36 Å². The van der Waals surface area contributed by atoms with Gasteiger partial charge < -0.3 is 0 Å². The van der Waals surface area contributed by atoms with Crippen LogP contribution in [-0.4, -0.2) is 9.55 Å². The standard InChI is InChI=1S/C22H18N2OS/c1-16-19(18-12-6-3-7-13-18)20-21(26-16)23-15-24(22(20)25)14-8-11-17-9-4-2-5-10-17/h2-13,15H,14H2,1H3/b11-8+. The molecule has 0 radical (unpaired) electrons. The fraction of sp³-hybridized carbons (Fsp3) is 0.0909. The molecule has 0 bridgehead atoms. The Morgan fingerprint density at radius 1 is 1.04 bits per heavy atom. The van der Waals surface area contributed by atoms with Crippen LogP contribution in [0.2, 0.25) is 0 Å². The van der Waals surface area contributed by atoms with E-state index in [1.165, 1.54) is 0 Å². The Morgan fingerprint density at radius 3 is 2.46 bits per heavy atom. The normalized spacial score (nSPS) is 11.4. The number of hydrogen-bond acceptors (Lipinski definition) is 3. The Bertz CT molecular complexity index is 1130. The molecule has 4 rings (SSSR count). The highest BCUT2D eigenvalue weighted by Crippen LogP contribution is 2.35. The number of allylic oxidation sites excluding steroid dienone is 1. The molecular weight excluding hydrogens is 340 g/mol. The number of fused-ring (bicyclic) bond motifs is 1. The first-order valence-corrected chi connectivity index (χ1v) is 9.31. The molecule has 4 heteroatoms. The molecule has 0 atom stereocenters. The minimum atomic E-state index is 0.0101. The smallest absolute Gasteiger partial charge is 0.263 e. The van der Waals surface area contributed by atoms with Gasteiger partial charge in [-0.15, -0.1) is 11.3 Å². The van der Waals surface area contributed by atoms with Crippen molar-refractivity contribution in [1.29, 1.82) is 0 Å². The summed E-state index contributed by atoms with van der Waals surface area (Å²) in [6.45, 7) is 2.55. The van der Waals surface area contributed by atoms with Crippen molar-refractivity contribution >= 4 is 27.6 Å². The first-order chi connectivity index (χ1) is 12.7. The van der Waals surface area contributed by atoms with E-state index in [0.29, 0.717) is 11.9 Å². The van der Waals surface area contributed by atoms with E-state index >= 15 is 0 Å². The summed E-state index contributed by atoms with van der Waals surface area (Å²) >= 11 is 1.57. The van der Waals surface area contributed by atoms with Crippen molar-refractivity contribution in [3.05, 3.63) is 93.9 Å². The van der Waals surface area contributed by atoms with Gasteiger partial charge in [0.25, 0.3) is 5.56 Å². The summed E-state index contributed by atoms with van der Waals surface area (Å²) in [5.41, 5.74) is 3.19. The van der Waals surface area contributed by atoms with Gasteiger partial charge >= 0.3 is 0 Å². The fourth-order valence-electron chi connectivity index (χ4n) is 3.09. The number of rotatable bonds is 4. The van der Waals surface area contributed by atoms with Gasteiger partial charge in [0, 0.05) is 17.0 Å². The summed E-state index contributed by atoms with van der Waals surface area (Å²) in [5.74, 6) is 0. The van der Waals surface area contributed by atoms with Crippen molar-refractivity contribution in [2.45, 2.75) is 13.5 Å². The minimum absolute atomic E-state index is 0.0101. The molecule has 2 aromatic heterocycles. The molecule has 0 N–H and O–H groups in total. The second-order valence-electron chi connectivity index (χ2n) is 6.09. The SMILES string of the molecule is Cc1sc2ncn(C/C=C/c3ccccc3)c(=O)c2c1-c1ccccc1. The number of nitrogens with zero attached hydrogens (tertiary/aromatic N) is 2. The Hall–Kier alpha value is -2.98. The molecule has 0 aliphatic carbocycles. The molecule has 0 fully saturated rings. The zero-order valence-corrected chi connectivity index (χ0v) is 15.2. The molecule has 3 nitrogen and oxygen atoms in total. The average Bonchev–Trinajstić information content (AvgIpc) is 3.02. The van der Waals surface area contributed by atoms with Gasteiger partial charge in [0.15, 0.2) is 0 Å². The van der Waals surface area contributed by atoms with Gasteiger partial charge in [-0.1, -0.05) is 72.8 Å². The molecule has 0 spiro atoms. The van der Waals surface area contributed by atoms with Crippen molar-refractivity contribution < 1.29 is 0 Å². The van der Waals surface area contributed by atoms with Crippen LogP contribution in [0.1, 0.15) is 10.4 Å². The first kappa shape index (κ1) is 16.5. The van der Waals surface area contributed by atoms with Gasteiger partial charge in [0.2, 0.25) is 0 Å². The van der Waals surface area contributed by atoms with Crippen LogP contribution in [0.3, 0.4) is 0 Å². The number of benzene rings is 2. The van der Waals surface area contributed by atoms with Gasteiger partial charge in [-0.05, 0) is 18.1 Å². The minimum Gasteiger partial charge on any atom is -0.295 e. The third-order valence-electron chi connectivity index (χ3n) is 4.33. The summed E-state index contributed by atoms with van der Waals surface area (Å²) in [4.78, 5) is 19.5. The van der Waals surface area contributed by atoms with E-state index in [4.69, 9.17) is 0 Å². The third-order valence-corrected chi connectivity index (χ3v) is 5.34. The largest absolute Gasteiger partial charge is 0.295 e. The van der Waals surface area contributed by atoms with Gasteiger partial charge in [-0.2, -0.15) is 0 Å². The van der Waals surface area contributed by atoms with Gasteiger partial charge in [0.1, 0.15) is 4.83 Å². The Kier molecular flexibility index (Phi) is 4.50. The van der Waals surface area contributed by atoms with E-state index < -0.39 is 0 Å². The Balaban J connectivity index is 1.75. The maximum absolute atomic E-state index is 13.1. The zero-order chi connectivity index (χ0) is 17.9. The topological polar surface area (TPSA) is 34.9 Å². The highest BCUT2D eigenvalue weighted by molar-refractivity contribution is 7.19. The Morgan fingerprint density at radius 2 is 1.73 bits per heavy atom. The predicted molar refractivity (Wildman–Crippen MR) is 110 cm³/mol. The monoisotopic (exact) mass is 358 g/mol. The van der Waals surface area contributed by atoms with E-state index in [0.717, 1.165) is 26.4 Å². The average molecular weight is 358 g/mol. The molecule has 0 amide bonds. The van der Waals surface area contributed by atoms with Crippen molar-refractivity contribution in [1.82, 2.24) is 9.55 Å². The van der Waals surface area contributed by atoms with Crippen LogP contribution in [0.5, 0.6) is 0 Å². The lowest BCUT2D eigenvalue weighted by molar-refractivity contribution is 0.770. The summed E-state index contributed by atoms with van der Waals surface area (Å²) in [5, 5.41) is 0.717. The zero-order valence-electron chi connectivity index (χ0n) is 14.4. The number of aryl methyl sites for hydroxylation is 1. The molecule has 0 aliphatic rings. The van der Waals surface area contributed by atoms with Crippen LogP contribution in [-0.2, 0) is 6.54 Å². The molecular formula is C22H18N2OS. The molecule has 0 unspecified atom stereocenters. The van der Waals surface area contributed by atoms with Crippen LogP contribution in [0.4, 0.5) is 0 Å². The van der Waals surface area contributed by atoms with E-state index in [-0.39, 0.29) is 5.56 Å². The second-order valence-corrected chi connectivity index (χ2v) is 7.30. The molecule has 4 aromatic rings. The van der Waals surface area contributed by atoms with Crippen molar-refractivity contribution in [2.75, 3.05) is 0 Å². The molecule has 128 valence electrons. The second kappa shape index (κ2) is 7.10. The fourth-order valence-corrected chi connectivity index (χ4v) is 4.09. The molecule has 2 heterocycles.